The van der Waals surface area contributed by atoms with Crippen molar-refractivity contribution in [2.24, 2.45) is 0 Å². The van der Waals surface area contributed by atoms with E-state index in [-0.39, 0.29) is 0 Å². The molecule has 0 fully saturated rings. The summed E-state index contributed by atoms with van der Waals surface area (Å²) in [6.07, 6.45) is 7.69. The number of rotatable bonds is 4. The molecular formula is C22H21N3O2S. The van der Waals surface area contributed by atoms with Gasteiger partial charge in [-0.3, -0.25) is 0 Å². The van der Waals surface area contributed by atoms with Crippen LogP contribution < -0.4 is 20.1 Å². The van der Waals surface area contributed by atoms with E-state index in [1.54, 1.807) is 11.3 Å². The summed E-state index contributed by atoms with van der Waals surface area (Å²) in [4.78, 5) is 7.21. The average molecular weight is 391 g/mol. The summed E-state index contributed by atoms with van der Waals surface area (Å²) in [6.45, 7) is 1.18. The number of anilines is 2. The second kappa shape index (κ2) is 7.20. The van der Waals surface area contributed by atoms with Gasteiger partial charge in [0.2, 0.25) is 0 Å². The molecule has 0 saturated heterocycles. The largest absolute Gasteiger partial charge is 0.486 e. The maximum atomic E-state index is 5.66. The van der Waals surface area contributed by atoms with Crippen molar-refractivity contribution in [1.82, 2.24) is 10.3 Å². The van der Waals surface area contributed by atoms with Gasteiger partial charge in [0, 0.05) is 40.7 Å². The van der Waals surface area contributed by atoms with Crippen molar-refractivity contribution in [2.45, 2.75) is 12.3 Å². The molecule has 28 heavy (non-hydrogen) atoms. The Labute approximate surface area is 167 Å². The van der Waals surface area contributed by atoms with Crippen molar-refractivity contribution in [1.29, 1.82) is 0 Å². The van der Waals surface area contributed by atoms with Gasteiger partial charge < -0.3 is 20.1 Å². The van der Waals surface area contributed by atoms with E-state index in [0.717, 1.165) is 34.3 Å². The van der Waals surface area contributed by atoms with Gasteiger partial charge in [0.15, 0.2) is 11.5 Å². The van der Waals surface area contributed by atoms with E-state index in [1.165, 1.54) is 16.0 Å². The molecule has 1 aliphatic heterocycles. The molecule has 2 aliphatic rings. The lowest BCUT2D eigenvalue weighted by atomic mass is 9.97. The molecule has 1 unspecified atom stereocenters. The Morgan fingerprint density at radius 1 is 1.07 bits per heavy atom. The predicted molar refractivity (Wildman–Crippen MR) is 114 cm³/mol. The van der Waals surface area contributed by atoms with Crippen LogP contribution in [0.5, 0.6) is 11.5 Å². The average Bonchev–Trinajstić information content (AvgIpc) is 3.17. The van der Waals surface area contributed by atoms with Crippen molar-refractivity contribution < 1.29 is 9.47 Å². The van der Waals surface area contributed by atoms with Crippen LogP contribution in [0, 0.1) is 0 Å². The molecule has 3 aromatic rings. The van der Waals surface area contributed by atoms with Gasteiger partial charge in [-0.2, -0.15) is 0 Å². The first-order valence-electron chi connectivity index (χ1n) is 9.42. The van der Waals surface area contributed by atoms with E-state index < -0.39 is 0 Å². The number of fused-ring (bicyclic) bond motifs is 2. The molecule has 0 bridgehead atoms. The molecule has 3 heterocycles. The Hall–Kier alpha value is -2.99. The maximum absolute atomic E-state index is 5.66. The summed E-state index contributed by atoms with van der Waals surface area (Å²) in [6, 6.07) is 12.3. The quantitative estimate of drug-likeness (QED) is 0.658. The van der Waals surface area contributed by atoms with Gasteiger partial charge in [-0.15, -0.1) is 11.3 Å². The lowest BCUT2D eigenvalue weighted by Crippen LogP contribution is -2.15. The number of nitrogens with one attached hydrogen (secondary N) is 2. The maximum Gasteiger partial charge on any atom is 0.163 e. The molecule has 5 nitrogen and oxygen atoms in total. The number of benzene rings is 1. The van der Waals surface area contributed by atoms with Gasteiger partial charge in [-0.05, 0) is 42.8 Å². The number of allylic oxidation sites excluding steroid dienone is 3. The summed E-state index contributed by atoms with van der Waals surface area (Å²) >= 11 is 1.76. The molecule has 142 valence electrons. The second-order valence-electron chi connectivity index (χ2n) is 6.83. The Balaban J connectivity index is 1.37. The van der Waals surface area contributed by atoms with Gasteiger partial charge in [-0.25, -0.2) is 4.98 Å². The zero-order valence-electron chi connectivity index (χ0n) is 15.6. The Morgan fingerprint density at radius 3 is 2.79 bits per heavy atom. The minimum Gasteiger partial charge on any atom is -0.486 e. The van der Waals surface area contributed by atoms with Crippen LogP contribution in [0.3, 0.4) is 0 Å². The smallest absolute Gasteiger partial charge is 0.163 e. The molecule has 0 amide bonds. The van der Waals surface area contributed by atoms with Crippen molar-refractivity contribution in [3.8, 4) is 11.5 Å². The number of thiophene rings is 1. The number of hydrogen-bond acceptors (Lipinski definition) is 6. The van der Waals surface area contributed by atoms with Crippen LogP contribution in [-0.2, 0) is 0 Å². The van der Waals surface area contributed by atoms with E-state index in [1.807, 2.05) is 31.3 Å². The third-order valence-corrected chi connectivity index (χ3v) is 6.15. The van der Waals surface area contributed by atoms with Crippen LogP contribution in [0.4, 0.5) is 11.5 Å². The zero-order chi connectivity index (χ0) is 18.9. The molecule has 5 rings (SSSR count). The highest BCUT2D eigenvalue weighted by Gasteiger charge is 2.15. The van der Waals surface area contributed by atoms with Gasteiger partial charge >= 0.3 is 0 Å². The summed E-state index contributed by atoms with van der Waals surface area (Å²) in [7, 11) is 1.95. The number of hydrogen-bond donors (Lipinski definition) is 2. The lowest BCUT2D eigenvalue weighted by Gasteiger charge is -2.19. The van der Waals surface area contributed by atoms with E-state index in [9.17, 15) is 0 Å². The van der Waals surface area contributed by atoms with Gasteiger partial charge in [0.1, 0.15) is 23.9 Å². The van der Waals surface area contributed by atoms with Crippen LogP contribution in [0.25, 0.3) is 10.2 Å². The van der Waals surface area contributed by atoms with E-state index >= 15 is 0 Å². The Morgan fingerprint density at radius 2 is 1.96 bits per heavy atom. The van der Waals surface area contributed by atoms with Crippen molar-refractivity contribution >= 4 is 33.1 Å². The highest BCUT2D eigenvalue weighted by atomic mass is 32.1. The first kappa shape index (κ1) is 17.1. The SMILES string of the molecule is CNC1=CCC(c2cc3ccc(Nc4ccc5c(c4)OCCO5)nc3s2)C=C1. The fourth-order valence-corrected chi connectivity index (χ4v) is 4.60. The highest BCUT2D eigenvalue weighted by Crippen LogP contribution is 2.36. The molecular weight excluding hydrogens is 370 g/mol. The van der Waals surface area contributed by atoms with Crippen LogP contribution >= 0.6 is 11.3 Å². The van der Waals surface area contributed by atoms with Gasteiger partial charge in [0.05, 0.1) is 0 Å². The molecule has 0 saturated carbocycles. The topological polar surface area (TPSA) is 55.4 Å². The first-order valence-corrected chi connectivity index (χ1v) is 10.2. The van der Waals surface area contributed by atoms with Crippen LogP contribution in [0.2, 0.25) is 0 Å². The lowest BCUT2D eigenvalue weighted by molar-refractivity contribution is 0.171. The summed E-state index contributed by atoms with van der Waals surface area (Å²) in [5, 5.41) is 7.75. The monoisotopic (exact) mass is 391 g/mol. The van der Waals surface area contributed by atoms with Crippen LogP contribution in [0.1, 0.15) is 17.2 Å². The number of likely N-dealkylation sites (N-methyl/N-ethyl adjacent to an activating group) is 1. The normalized spacial score (nSPS) is 18.0. The molecule has 1 aliphatic carbocycles. The fourth-order valence-electron chi connectivity index (χ4n) is 3.48. The van der Waals surface area contributed by atoms with Gasteiger partial charge in [-0.1, -0.05) is 12.2 Å². The summed E-state index contributed by atoms with van der Waals surface area (Å²) in [5.74, 6) is 2.81. The minimum atomic E-state index is 0.422. The number of pyridine rings is 1. The van der Waals surface area contributed by atoms with E-state index in [4.69, 9.17) is 14.5 Å². The van der Waals surface area contributed by atoms with Crippen molar-refractivity contribution in [3.63, 3.8) is 0 Å². The second-order valence-corrected chi connectivity index (χ2v) is 7.90. The number of nitrogens with zero attached hydrogens (tertiary/aromatic N) is 1. The van der Waals surface area contributed by atoms with Crippen molar-refractivity contribution in [3.05, 3.63) is 65.2 Å². The molecule has 0 spiro atoms. The highest BCUT2D eigenvalue weighted by molar-refractivity contribution is 7.18. The molecule has 1 aromatic carbocycles. The number of ether oxygens (including phenoxy) is 2. The summed E-state index contributed by atoms with van der Waals surface area (Å²) < 4.78 is 11.2. The van der Waals surface area contributed by atoms with Crippen molar-refractivity contribution in [2.75, 3.05) is 25.6 Å². The molecule has 0 radical (unpaired) electrons. The van der Waals surface area contributed by atoms with Crippen LogP contribution in [-0.4, -0.2) is 25.2 Å². The standard InChI is InChI=1S/C22H21N3O2S/c1-23-16-5-2-14(3-6-16)20-12-15-4-9-21(25-22(15)28-20)24-17-7-8-18-19(13-17)27-11-10-26-18/h2,4-9,12-14,23H,3,10-11H2,1H3,(H,24,25). The fraction of sp³-hybridized carbons (Fsp3) is 0.227. The molecule has 2 aromatic heterocycles. The van der Waals surface area contributed by atoms with Gasteiger partial charge in [0.25, 0.3) is 0 Å². The van der Waals surface area contributed by atoms with Crippen LogP contribution in [0.15, 0.2) is 60.3 Å². The minimum absolute atomic E-state index is 0.422. The third-order valence-electron chi connectivity index (χ3n) is 4.97. The first-order chi connectivity index (χ1) is 13.8. The molecule has 1 atom stereocenters. The number of aromatic nitrogens is 1. The van der Waals surface area contributed by atoms with E-state index in [0.29, 0.717) is 19.1 Å². The third kappa shape index (κ3) is 3.31. The Kier molecular flexibility index (Phi) is 4.41. The Bertz CT molecular complexity index is 1090. The predicted octanol–water partition coefficient (Wildman–Crippen LogP) is 4.96. The zero-order valence-corrected chi connectivity index (χ0v) is 16.4. The van der Waals surface area contributed by atoms with E-state index in [2.05, 4.69) is 41.0 Å². The molecule has 6 heteroatoms. The molecule has 2 N–H and O–H groups in total. The summed E-state index contributed by atoms with van der Waals surface area (Å²) in [5.41, 5.74) is 2.12.